The highest BCUT2D eigenvalue weighted by atomic mass is 35.7. The van der Waals surface area contributed by atoms with Gasteiger partial charge in [-0.25, -0.2) is 8.42 Å². The van der Waals surface area contributed by atoms with E-state index in [1.54, 1.807) is 6.08 Å². The zero-order chi connectivity index (χ0) is 11.3. The van der Waals surface area contributed by atoms with Gasteiger partial charge in [0.05, 0.1) is 4.91 Å². The van der Waals surface area contributed by atoms with Crippen molar-refractivity contribution in [3.05, 3.63) is 40.8 Å². The summed E-state index contributed by atoms with van der Waals surface area (Å²) in [5.74, 6) is 0. The molecule has 0 aromatic heterocycles. The first kappa shape index (κ1) is 12.3. The molecule has 0 aliphatic carbocycles. The van der Waals surface area contributed by atoms with Gasteiger partial charge in [-0.15, -0.1) is 0 Å². The number of hydrogen-bond donors (Lipinski definition) is 0. The van der Waals surface area contributed by atoms with Crippen LogP contribution in [0.25, 0.3) is 6.08 Å². The van der Waals surface area contributed by atoms with Crippen molar-refractivity contribution in [3.8, 4) is 0 Å². The van der Waals surface area contributed by atoms with Crippen LogP contribution in [0.3, 0.4) is 0 Å². The van der Waals surface area contributed by atoms with Gasteiger partial charge in [0.1, 0.15) is 0 Å². The molecule has 0 atom stereocenters. The van der Waals surface area contributed by atoms with Crippen molar-refractivity contribution in [2.24, 2.45) is 0 Å². The summed E-state index contributed by atoms with van der Waals surface area (Å²) < 4.78 is 22.4. The van der Waals surface area contributed by atoms with Crippen molar-refractivity contribution >= 4 is 25.8 Å². The van der Waals surface area contributed by atoms with Crippen molar-refractivity contribution in [2.75, 3.05) is 0 Å². The summed E-state index contributed by atoms with van der Waals surface area (Å²) >= 11 is 0. The molecule has 0 fully saturated rings. The first-order chi connectivity index (χ1) is 7.04. The van der Waals surface area contributed by atoms with Crippen molar-refractivity contribution in [1.29, 1.82) is 0 Å². The molecule has 0 amide bonds. The number of rotatable bonds is 4. The number of allylic oxidation sites excluding steroid dienone is 1. The lowest BCUT2D eigenvalue weighted by molar-refractivity contribution is 0.613. The minimum absolute atomic E-state index is 0.276. The molecule has 0 saturated heterocycles. The summed E-state index contributed by atoms with van der Waals surface area (Å²) in [6, 6.07) is 9.29. The van der Waals surface area contributed by atoms with E-state index in [0.29, 0.717) is 6.42 Å². The van der Waals surface area contributed by atoms with Gasteiger partial charge in [-0.1, -0.05) is 43.7 Å². The number of hydrogen-bond acceptors (Lipinski definition) is 2. The van der Waals surface area contributed by atoms with Gasteiger partial charge >= 0.3 is 0 Å². The first-order valence-corrected chi connectivity index (χ1v) is 7.05. The summed E-state index contributed by atoms with van der Waals surface area (Å²) in [4.78, 5) is 0.276. The van der Waals surface area contributed by atoms with E-state index < -0.39 is 9.05 Å². The van der Waals surface area contributed by atoms with Gasteiger partial charge < -0.3 is 0 Å². The molecule has 1 rings (SSSR count). The van der Waals surface area contributed by atoms with Crippen molar-refractivity contribution in [3.63, 3.8) is 0 Å². The largest absolute Gasteiger partial charge is 0.257 e. The van der Waals surface area contributed by atoms with Crippen LogP contribution in [-0.4, -0.2) is 8.42 Å². The Balaban J connectivity index is 3.05. The molecule has 1 aromatic carbocycles. The first-order valence-electron chi connectivity index (χ1n) is 4.74. The van der Waals surface area contributed by atoms with Crippen LogP contribution in [0.1, 0.15) is 25.3 Å². The van der Waals surface area contributed by atoms with Crippen LogP contribution in [0.4, 0.5) is 0 Å². The molecule has 82 valence electrons. The van der Waals surface area contributed by atoms with E-state index in [-0.39, 0.29) is 4.91 Å². The molecule has 15 heavy (non-hydrogen) atoms. The standard InChI is InChI=1S/C11H13ClO2S/c1-2-6-11(15(12,13)14)9-10-7-4-3-5-8-10/h3-5,7-9H,2,6H2,1H3/b11-9+. The number of halogens is 1. The second kappa shape index (κ2) is 5.33. The van der Waals surface area contributed by atoms with Gasteiger partial charge in [0.15, 0.2) is 0 Å². The highest BCUT2D eigenvalue weighted by molar-refractivity contribution is 8.16. The maximum absolute atomic E-state index is 11.2. The van der Waals surface area contributed by atoms with Crippen molar-refractivity contribution < 1.29 is 8.42 Å². The third kappa shape index (κ3) is 4.06. The van der Waals surface area contributed by atoms with E-state index in [9.17, 15) is 8.42 Å². The average molecular weight is 245 g/mol. The van der Waals surface area contributed by atoms with Crippen molar-refractivity contribution in [1.82, 2.24) is 0 Å². The molecule has 0 unspecified atom stereocenters. The van der Waals surface area contributed by atoms with Crippen LogP contribution in [-0.2, 0) is 9.05 Å². The lowest BCUT2D eigenvalue weighted by Crippen LogP contribution is -1.94. The molecule has 4 heteroatoms. The van der Waals surface area contributed by atoms with Crippen molar-refractivity contribution in [2.45, 2.75) is 19.8 Å². The second-order valence-corrected chi connectivity index (χ2v) is 5.83. The minimum atomic E-state index is -3.59. The third-order valence-electron chi connectivity index (χ3n) is 1.94. The van der Waals surface area contributed by atoms with Gasteiger partial charge in [-0.3, -0.25) is 0 Å². The predicted molar refractivity (Wildman–Crippen MR) is 64.1 cm³/mol. The third-order valence-corrected chi connectivity index (χ3v) is 3.48. The number of benzene rings is 1. The molecular weight excluding hydrogens is 232 g/mol. The van der Waals surface area contributed by atoms with Crippen LogP contribution in [0.5, 0.6) is 0 Å². The topological polar surface area (TPSA) is 34.1 Å². The zero-order valence-corrected chi connectivity index (χ0v) is 10.1. The van der Waals surface area contributed by atoms with Gasteiger partial charge in [-0.05, 0) is 18.1 Å². The Morgan fingerprint density at radius 2 is 1.93 bits per heavy atom. The van der Waals surface area contributed by atoms with E-state index in [1.807, 2.05) is 37.3 Å². The normalized spacial score (nSPS) is 12.8. The monoisotopic (exact) mass is 244 g/mol. The summed E-state index contributed by atoms with van der Waals surface area (Å²) in [5.41, 5.74) is 0.852. The fraction of sp³-hybridized carbons (Fsp3) is 0.273. The van der Waals surface area contributed by atoms with Crippen LogP contribution in [0.2, 0.25) is 0 Å². The Hall–Kier alpha value is -0.800. The Morgan fingerprint density at radius 1 is 1.33 bits per heavy atom. The van der Waals surface area contributed by atoms with Crippen LogP contribution in [0, 0.1) is 0 Å². The van der Waals surface area contributed by atoms with Gasteiger partial charge in [0.2, 0.25) is 0 Å². The van der Waals surface area contributed by atoms with E-state index in [2.05, 4.69) is 0 Å². The molecule has 0 N–H and O–H groups in total. The van der Waals surface area contributed by atoms with Gasteiger partial charge in [-0.2, -0.15) is 0 Å². The fourth-order valence-corrected chi connectivity index (χ4v) is 2.34. The van der Waals surface area contributed by atoms with E-state index >= 15 is 0 Å². The molecule has 0 bridgehead atoms. The quantitative estimate of drug-likeness (QED) is 0.761. The Bertz CT molecular complexity index is 435. The predicted octanol–water partition coefficient (Wildman–Crippen LogP) is 3.40. The maximum atomic E-state index is 11.2. The summed E-state index contributed by atoms with van der Waals surface area (Å²) in [7, 11) is 1.74. The molecule has 0 aliphatic rings. The maximum Gasteiger partial charge on any atom is 0.257 e. The molecule has 0 aliphatic heterocycles. The molecule has 2 nitrogen and oxygen atoms in total. The highest BCUT2D eigenvalue weighted by Crippen LogP contribution is 2.20. The van der Waals surface area contributed by atoms with E-state index in [4.69, 9.17) is 10.7 Å². The molecule has 0 heterocycles. The molecule has 1 aromatic rings. The Kier molecular flexibility index (Phi) is 4.36. The second-order valence-electron chi connectivity index (χ2n) is 3.21. The molecule has 0 radical (unpaired) electrons. The van der Waals surface area contributed by atoms with Gasteiger partial charge in [0.25, 0.3) is 9.05 Å². The summed E-state index contributed by atoms with van der Waals surface area (Å²) in [5, 5.41) is 0. The zero-order valence-electron chi connectivity index (χ0n) is 8.48. The SMILES string of the molecule is CCC/C(=C\c1ccccc1)S(=O)(=O)Cl. The van der Waals surface area contributed by atoms with Crippen LogP contribution >= 0.6 is 10.7 Å². The highest BCUT2D eigenvalue weighted by Gasteiger charge is 2.12. The molecule has 0 saturated carbocycles. The lowest BCUT2D eigenvalue weighted by Gasteiger charge is -2.01. The van der Waals surface area contributed by atoms with Crippen LogP contribution < -0.4 is 0 Å². The molecule has 0 spiro atoms. The molecular formula is C11H13ClO2S. The minimum Gasteiger partial charge on any atom is -0.207 e. The van der Waals surface area contributed by atoms with E-state index in [1.165, 1.54) is 0 Å². The Morgan fingerprint density at radius 3 is 2.40 bits per heavy atom. The van der Waals surface area contributed by atoms with Gasteiger partial charge in [0, 0.05) is 10.7 Å². The summed E-state index contributed by atoms with van der Waals surface area (Å²) in [6.07, 6.45) is 2.84. The van der Waals surface area contributed by atoms with Crippen LogP contribution in [0.15, 0.2) is 35.2 Å². The smallest absolute Gasteiger partial charge is 0.207 e. The van der Waals surface area contributed by atoms with E-state index in [0.717, 1.165) is 12.0 Å². The average Bonchev–Trinajstić information content (AvgIpc) is 2.17. The lowest BCUT2D eigenvalue weighted by atomic mass is 10.2. The fourth-order valence-electron chi connectivity index (χ4n) is 1.25. The Labute approximate surface area is 95.0 Å². The summed E-state index contributed by atoms with van der Waals surface area (Å²) in [6.45, 7) is 1.92.